The fraction of sp³-hybridized carbons (Fsp3) is 0.176. The van der Waals surface area contributed by atoms with Crippen LogP contribution in [0.3, 0.4) is 0 Å². The van der Waals surface area contributed by atoms with Crippen LogP contribution in [0.4, 0.5) is 9.93 Å². The van der Waals surface area contributed by atoms with Gasteiger partial charge in [0.2, 0.25) is 5.13 Å². The molecule has 0 bridgehead atoms. The van der Waals surface area contributed by atoms with E-state index in [2.05, 4.69) is 25.8 Å². The van der Waals surface area contributed by atoms with E-state index in [4.69, 9.17) is 0 Å². The summed E-state index contributed by atoms with van der Waals surface area (Å²) in [5.74, 6) is 0. The van der Waals surface area contributed by atoms with Crippen LogP contribution in [-0.2, 0) is 6.42 Å². The second-order valence-corrected chi connectivity index (χ2v) is 6.39. The number of aryl methyl sites for hydroxylation is 1. The van der Waals surface area contributed by atoms with Gasteiger partial charge in [0.05, 0.1) is 6.04 Å². The van der Waals surface area contributed by atoms with Crippen LogP contribution in [-0.4, -0.2) is 21.2 Å². The molecule has 2 N–H and O–H groups in total. The van der Waals surface area contributed by atoms with E-state index in [9.17, 15) is 4.79 Å². The van der Waals surface area contributed by atoms with Crippen molar-refractivity contribution in [2.75, 3.05) is 5.32 Å². The molecule has 7 heteroatoms. The summed E-state index contributed by atoms with van der Waals surface area (Å²) in [6.07, 6.45) is 2.36. The van der Waals surface area contributed by atoms with E-state index in [1.807, 2.05) is 55.5 Å². The molecule has 122 valence electrons. The van der Waals surface area contributed by atoms with Crippen molar-refractivity contribution in [1.29, 1.82) is 0 Å². The number of urea groups is 1. The van der Waals surface area contributed by atoms with Gasteiger partial charge in [0.25, 0.3) is 0 Å². The Morgan fingerprint density at radius 3 is 2.58 bits per heavy atom. The van der Waals surface area contributed by atoms with Gasteiger partial charge >= 0.3 is 6.03 Å². The van der Waals surface area contributed by atoms with Crippen molar-refractivity contribution >= 4 is 22.5 Å². The van der Waals surface area contributed by atoms with Gasteiger partial charge in [0.1, 0.15) is 5.01 Å². The molecular weight excluding hydrogens is 322 g/mol. The van der Waals surface area contributed by atoms with Crippen molar-refractivity contribution in [1.82, 2.24) is 20.5 Å². The predicted octanol–water partition coefficient (Wildman–Crippen LogP) is 3.35. The van der Waals surface area contributed by atoms with E-state index in [1.165, 1.54) is 11.3 Å². The van der Waals surface area contributed by atoms with Crippen LogP contribution in [0.1, 0.15) is 22.3 Å². The lowest BCUT2D eigenvalue weighted by molar-refractivity contribution is 0.248. The maximum absolute atomic E-state index is 12.3. The quantitative estimate of drug-likeness (QED) is 0.747. The monoisotopic (exact) mass is 339 g/mol. The molecule has 0 aliphatic rings. The van der Waals surface area contributed by atoms with Gasteiger partial charge in [-0.15, -0.1) is 10.2 Å². The molecule has 3 aromatic rings. The third-order valence-corrected chi connectivity index (χ3v) is 4.15. The van der Waals surface area contributed by atoms with E-state index in [0.29, 0.717) is 11.6 Å². The van der Waals surface area contributed by atoms with Gasteiger partial charge in [-0.3, -0.25) is 10.3 Å². The maximum atomic E-state index is 12.3. The zero-order valence-electron chi connectivity index (χ0n) is 13.1. The first-order chi connectivity index (χ1) is 11.7. The van der Waals surface area contributed by atoms with Gasteiger partial charge in [-0.1, -0.05) is 47.7 Å². The highest BCUT2D eigenvalue weighted by molar-refractivity contribution is 7.15. The molecule has 0 fully saturated rings. The van der Waals surface area contributed by atoms with Crippen LogP contribution in [0.25, 0.3) is 0 Å². The van der Waals surface area contributed by atoms with Gasteiger partial charge in [-0.05, 0) is 24.6 Å². The summed E-state index contributed by atoms with van der Waals surface area (Å²) >= 11 is 1.34. The van der Waals surface area contributed by atoms with Gasteiger partial charge in [-0.2, -0.15) is 0 Å². The Hall–Kier alpha value is -2.80. The summed E-state index contributed by atoms with van der Waals surface area (Å²) < 4.78 is 0. The van der Waals surface area contributed by atoms with Crippen molar-refractivity contribution in [3.8, 4) is 0 Å². The van der Waals surface area contributed by atoms with Crippen molar-refractivity contribution in [3.05, 3.63) is 71.0 Å². The normalized spacial score (nSPS) is 11.7. The summed E-state index contributed by atoms with van der Waals surface area (Å²) in [6.45, 7) is 1.84. The number of rotatable bonds is 5. The van der Waals surface area contributed by atoms with E-state index >= 15 is 0 Å². The first-order valence-corrected chi connectivity index (χ1v) is 8.35. The first-order valence-electron chi connectivity index (χ1n) is 7.53. The number of nitrogens with one attached hydrogen (secondary N) is 2. The molecule has 2 amide bonds. The summed E-state index contributed by atoms with van der Waals surface area (Å²) in [5, 5.41) is 14.8. The summed E-state index contributed by atoms with van der Waals surface area (Å²) in [4.78, 5) is 16.6. The third-order valence-electron chi connectivity index (χ3n) is 3.39. The molecule has 6 nitrogen and oxygen atoms in total. The molecular formula is C17H17N5OS. The topological polar surface area (TPSA) is 79.8 Å². The van der Waals surface area contributed by atoms with Gasteiger partial charge < -0.3 is 5.32 Å². The highest BCUT2D eigenvalue weighted by Gasteiger charge is 2.16. The number of pyridine rings is 1. The van der Waals surface area contributed by atoms with Crippen LogP contribution >= 0.6 is 11.3 Å². The molecule has 0 unspecified atom stereocenters. The Bertz CT molecular complexity index is 791. The van der Waals surface area contributed by atoms with E-state index in [0.717, 1.165) is 16.3 Å². The Kier molecular flexibility index (Phi) is 5.12. The van der Waals surface area contributed by atoms with Crippen molar-refractivity contribution in [3.63, 3.8) is 0 Å². The third kappa shape index (κ3) is 4.36. The van der Waals surface area contributed by atoms with Gasteiger partial charge in [-0.25, -0.2) is 4.79 Å². The number of carbonyl (C=O) groups excluding carboxylic acids is 1. The van der Waals surface area contributed by atoms with Crippen molar-refractivity contribution < 1.29 is 4.79 Å². The van der Waals surface area contributed by atoms with Gasteiger partial charge in [0, 0.05) is 18.3 Å². The van der Waals surface area contributed by atoms with Crippen molar-refractivity contribution in [2.45, 2.75) is 19.4 Å². The molecule has 0 spiro atoms. The van der Waals surface area contributed by atoms with E-state index in [-0.39, 0.29) is 12.1 Å². The summed E-state index contributed by atoms with van der Waals surface area (Å²) in [6, 6.07) is 15.1. The minimum Gasteiger partial charge on any atom is -0.331 e. The molecule has 0 aliphatic heterocycles. The van der Waals surface area contributed by atoms with Crippen LogP contribution in [0.15, 0.2) is 54.7 Å². The molecule has 2 aromatic heterocycles. The zero-order valence-corrected chi connectivity index (χ0v) is 14.0. The molecule has 2 heterocycles. The summed E-state index contributed by atoms with van der Waals surface area (Å²) in [7, 11) is 0. The molecule has 0 saturated carbocycles. The predicted molar refractivity (Wildman–Crippen MR) is 93.9 cm³/mol. The van der Waals surface area contributed by atoms with Crippen LogP contribution < -0.4 is 10.6 Å². The van der Waals surface area contributed by atoms with E-state index < -0.39 is 0 Å². The lowest BCUT2D eigenvalue weighted by atomic mass is 10.0. The van der Waals surface area contributed by atoms with Crippen LogP contribution in [0, 0.1) is 6.92 Å². The average Bonchev–Trinajstić information content (AvgIpc) is 3.01. The first kappa shape index (κ1) is 16.1. The molecule has 0 radical (unpaired) electrons. The maximum Gasteiger partial charge on any atom is 0.321 e. The Morgan fingerprint density at radius 1 is 1.12 bits per heavy atom. The minimum absolute atomic E-state index is 0.185. The Labute approximate surface area is 144 Å². The number of nitrogens with zero attached hydrogens (tertiary/aromatic N) is 3. The lowest BCUT2D eigenvalue weighted by Gasteiger charge is -2.19. The number of amides is 2. The highest BCUT2D eigenvalue weighted by atomic mass is 32.1. The smallest absolute Gasteiger partial charge is 0.321 e. The number of anilines is 1. The number of carbonyl (C=O) groups is 1. The van der Waals surface area contributed by atoms with Crippen LogP contribution in [0.5, 0.6) is 0 Å². The molecule has 0 aliphatic carbocycles. The fourth-order valence-electron chi connectivity index (χ4n) is 2.30. The number of benzene rings is 1. The van der Waals surface area contributed by atoms with E-state index in [1.54, 1.807) is 6.20 Å². The van der Waals surface area contributed by atoms with Crippen molar-refractivity contribution in [2.24, 2.45) is 0 Å². The SMILES string of the molecule is Cc1nnc(NC(=O)N[C@@H](Cc2ccccn2)c2ccccc2)s1. The zero-order chi connectivity index (χ0) is 16.8. The lowest BCUT2D eigenvalue weighted by Crippen LogP contribution is -2.33. The standard InChI is InChI=1S/C17H17N5OS/c1-12-21-22-17(24-12)20-16(23)19-15(13-7-3-2-4-8-13)11-14-9-5-6-10-18-14/h2-10,15H,11H2,1H3,(H2,19,20,22,23)/t15-/m0/s1. The fourth-order valence-corrected chi connectivity index (χ4v) is 2.89. The number of hydrogen-bond acceptors (Lipinski definition) is 5. The minimum atomic E-state index is -0.309. The Morgan fingerprint density at radius 2 is 1.92 bits per heavy atom. The van der Waals surface area contributed by atoms with Crippen LogP contribution in [0.2, 0.25) is 0 Å². The largest absolute Gasteiger partial charge is 0.331 e. The average molecular weight is 339 g/mol. The molecule has 1 aromatic carbocycles. The molecule has 0 saturated heterocycles. The second-order valence-electron chi connectivity index (χ2n) is 5.21. The second kappa shape index (κ2) is 7.65. The number of hydrogen-bond donors (Lipinski definition) is 2. The number of aromatic nitrogens is 3. The Balaban J connectivity index is 1.73. The molecule has 3 rings (SSSR count). The van der Waals surface area contributed by atoms with Gasteiger partial charge in [0.15, 0.2) is 0 Å². The highest BCUT2D eigenvalue weighted by Crippen LogP contribution is 2.18. The molecule has 24 heavy (non-hydrogen) atoms. The molecule has 1 atom stereocenters. The summed E-state index contributed by atoms with van der Waals surface area (Å²) in [5.41, 5.74) is 1.94.